The fraction of sp³-hybridized carbons (Fsp3) is 0.500. The van der Waals surface area contributed by atoms with Crippen LogP contribution in [-0.4, -0.2) is 30.9 Å². The molecule has 0 unspecified atom stereocenters. The number of hydrogen-bond donors (Lipinski definition) is 1. The van der Waals surface area contributed by atoms with Gasteiger partial charge in [-0.3, -0.25) is 4.98 Å². The molecule has 0 saturated heterocycles. The van der Waals surface area contributed by atoms with Crippen molar-refractivity contribution in [3.63, 3.8) is 0 Å². The quantitative estimate of drug-likeness (QED) is 0.463. The van der Waals surface area contributed by atoms with Crippen LogP contribution in [-0.2, 0) is 4.43 Å². The molecule has 0 aliphatic rings. The van der Waals surface area contributed by atoms with Gasteiger partial charge in [-0.1, -0.05) is 38.4 Å². The molecular formula is C20H30ClN3OSi. The number of anilines is 1. The lowest BCUT2D eigenvalue weighted by molar-refractivity contribution is 0.277. The minimum Gasteiger partial charge on any atom is -0.417 e. The summed E-state index contributed by atoms with van der Waals surface area (Å²) in [6, 6.07) is 7.96. The van der Waals surface area contributed by atoms with Gasteiger partial charge in [0.05, 0.1) is 5.69 Å². The summed E-state index contributed by atoms with van der Waals surface area (Å²) < 4.78 is 6.29. The summed E-state index contributed by atoms with van der Waals surface area (Å²) in [6.07, 6.45) is 4.48. The first kappa shape index (κ1) is 20.9. The number of hydrogen-bond acceptors (Lipinski definition) is 4. The molecule has 2 aromatic rings. The van der Waals surface area contributed by atoms with Crippen LogP contribution in [0, 0.1) is 0 Å². The molecule has 0 spiro atoms. The summed E-state index contributed by atoms with van der Waals surface area (Å²) in [5.41, 5.74) is 2.78. The number of halogens is 1. The highest BCUT2D eigenvalue weighted by molar-refractivity contribution is 6.74. The van der Waals surface area contributed by atoms with Crippen LogP contribution >= 0.6 is 11.6 Å². The van der Waals surface area contributed by atoms with Gasteiger partial charge in [-0.25, -0.2) is 4.98 Å². The van der Waals surface area contributed by atoms with Crippen molar-refractivity contribution in [1.82, 2.24) is 9.97 Å². The summed E-state index contributed by atoms with van der Waals surface area (Å²) >= 11 is 6.11. The minimum atomic E-state index is -1.71. The average molecular weight is 392 g/mol. The van der Waals surface area contributed by atoms with Crippen LogP contribution in [0.4, 0.5) is 5.69 Å². The Morgan fingerprint density at radius 2 is 1.96 bits per heavy atom. The van der Waals surface area contributed by atoms with Gasteiger partial charge in [0.15, 0.2) is 8.32 Å². The first-order valence-corrected chi connectivity index (χ1v) is 12.4. The van der Waals surface area contributed by atoms with Gasteiger partial charge in [0.2, 0.25) is 0 Å². The Morgan fingerprint density at radius 1 is 1.23 bits per heavy atom. The molecule has 0 aliphatic carbocycles. The lowest BCUT2D eigenvalue weighted by Gasteiger charge is -2.36. The Hall–Kier alpha value is -1.43. The third-order valence-electron chi connectivity index (χ3n) is 5.03. The summed E-state index contributed by atoms with van der Waals surface area (Å²) in [5, 5.41) is 4.25. The van der Waals surface area contributed by atoms with E-state index in [0.717, 1.165) is 30.0 Å². The normalized spacial score (nSPS) is 13.5. The van der Waals surface area contributed by atoms with Crippen molar-refractivity contribution in [3.8, 4) is 11.3 Å². The van der Waals surface area contributed by atoms with Gasteiger partial charge < -0.3 is 9.74 Å². The van der Waals surface area contributed by atoms with E-state index in [-0.39, 0.29) is 11.1 Å². The van der Waals surface area contributed by atoms with Crippen LogP contribution in [0.15, 0.2) is 36.7 Å². The SMILES string of the molecule is C[C@@H](CCO[Si](C)(C)C(C)(C)C)Nc1cc(Cl)ncc1-c1ccccn1. The second kappa shape index (κ2) is 8.50. The third kappa shape index (κ3) is 5.53. The van der Waals surface area contributed by atoms with Crippen molar-refractivity contribution in [2.45, 2.75) is 58.3 Å². The van der Waals surface area contributed by atoms with E-state index in [1.54, 1.807) is 12.4 Å². The highest BCUT2D eigenvalue weighted by Gasteiger charge is 2.36. The highest BCUT2D eigenvalue weighted by atomic mass is 35.5. The third-order valence-corrected chi connectivity index (χ3v) is 9.78. The zero-order chi connectivity index (χ0) is 19.4. The number of nitrogens with one attached hydrogen (secondary N) is 1. The predicted molar refractivity (Wildman–Crippen MR) is 113 cm³/mol. The second-order valence-corrected chi connectivity index (χ2v) is 13.4. The van der Waals surface area contributed by atoms with E-state index in [2.05, 4.69) is 56.1 Å². The van der Waals surface area contributed by atoms with E-state index in [4.69, 9.17) is 16.0 Å². The van der Waals surface area contributed by atoms with Crippen LogP contribution in [0.2, 0.25) is 23.3 Å². The zero-order valence-corrected chi connectivity index (χ0v) is 18.4. The van der Waals surface area contributed by atoms with Gasteiger partial charge in [-0.2, -0.15) is 0 Å². The Morgan fingerprint density at radius 3 is 2.58 bits per heavy atom. The molecule has 1 atom stereocenters. The van der Waals surface area contributed by atoms with Crippen LogP contribution in [0.5, 0.6) is 0 Å². The Kier molecular flexibility index (Phi) is 6.83. The summed E-state index contributed by atoms with van der Waals surface area (Å²) in [4.78, 5) is 8.64. The molecule has 142 valence electrons. The van der Waals surface area contributed by atoms with Gasteiger partial charge in [0.1, 0.15) is 5.15 Å². The first-order valence-electron chi connectivity index (χ1n) is 9.07. The molecule has 0 bridgehead atoms. The smallest absolute Gasteiger partial charge is 0.191 e. The standard InChI is InChI=1S/C20H30ClN3OSi/c1-15(10-12-25-26(5,6)20(2,3)4)24-18-13-19(21)23-14-16(18)17-9-7-8-11-22-17/h7-9,11,13-15H,10,12H2,1-6H3,(H,23,24)/t15-/m0/s1. The van der Waals surface area contributed by atoms with Crippen molar-refractivity contribution in [1.29, 1.82) is 0 Å². The zero-order valence-electron chi connectivity index (χ0n) is 16.6. The maximum Gasteiger partial charge on any atom is 0.191 e. The molecule has 1 N–H and O–H groups in total. The fourth-order valence-electron chi connectivity index (χ4n) is 2.32. The van der Waals surface area contributed by atoms with Crippen molar-refractivity contribution < 1.29 is 4.43 Å². The van der Waals surface area contributed by atoms with Crippen LogP contribution < -0.4 is 5.32 Å². The molecular weight excluding hydrogens is 362 g/mol. The topological polar surface area (TPSA) is 47.0 Å². The maximum atomic E-state index is 6.29. The summed E-state index contributed by atoms with van der Waals surface area (Å²) in [6.45, 7) is 14.3. The highest BCUT2D eigenvalue weighted by Crippen LogP contribution is 2.36. The van der Waals surface area contributed by atoms with E-state index >= 15 is 0 Å². The average Bonchev–Trinajstić information content (AvgIpc) is 2.54. The fourth-order valence-corrected chi connectivity index (χ4v) is 3.54. The number of aromatic nitrogens is 2. The molecule has 2 aromatic heterocycles. The van der Waals surface area contributed by atoms with E-state index in [9.17, 15) is 0 Å². The van der Waals surface area contributed by atoms with Crippen LogP contribution in [0.25, 0.3) is 11.3 Å². The molecule has 0 aliphatic heterocycles. The van der Waals surface area contributed by atoms with Gasteiger partial charge in [0.25, 0.3) is 0 Å². The molecule has 0 saturated carbocycles. The first-order chi connectivity index (χ1) is 12.1. The number of nitrogens with zero attached hydrogens (tertiary/aromatic N) is 2. The molecule has 2 heterocycles. The van der Waals surface area contributed by atoms with E-state index in [1.807, 2.05) is 24.3 Å². The molecule has 2 rings (SSSR count). The predicted octanol–water partition coefficient (Wildman–Crippen LogP) is 6.01. The summed E-state index contributed by atoms with van der Waals surface area (Å²) in [5.74, 6) is 0. The van der Waals surface area contributed by atoms with E-state index < -0.39 is 8.32 Å². The Labute approximate surface area is 163 Å². The van der Waals surface area contributed by atoms with Crippen LogP contribution in [0.3, 0.4) is 0 Å². The largest absolute Gasteiger partial charge is 0.417 e. The van der Waals surface area contributed by atoms with Gasteiger partial charge in [-0.05, 0) is 49.7 Å². The Bertz CT molecular complexity index is 717. The molecule has 0 aromatic carbocycles. The van der Waals surface area contributed by atoms with Crippen molar-refractivity contribution >= 4 is 25.6 Å². The number of rotatable bonds is 7. The molecule has 0 fully saturated rings. The summed E-state index contributed by atoms with van der Waals surface area (Å²) in [7, 11) is -1.71. The molecule has 0 amide bonds. The maximum absolute atomic E-state index is 6.29. The van der Waals surface area contributed by atoms with Gasteiger partial charge in [-0.15, -0.1) is 0 Å². The van der Waals surface area contributed by atoms with Crippen molar-refractivity contribution in [2.24, 2.45) is 0 Å². The van der Waals surface area contributed by atoms with Crippen LogP contribution in [0.1, 0.15) is 34.1 Å². The lowest BCUT2D eigenvalue weighted by atomic mass is 10.1. The van der Waals surface area contributed by atoms with Gasteiger partial charge in [0, 0.05) is 36.3 Å². The Balaban J connectivity index is 2.03. The monoisotopic (exact) mass is 391 g/mol. The molecule has 4 nitrogen and oxygen atoms in total. The lowest BCUT2D eigenvalue weighted by Crippen LogP contribution is -2.41. The van der Waals surface area contributed by atoms with E-state index in [1.165, 1.54) is 0 Å². The molecule has 6 heteroatoms. The van der Waals surface area contributed by atoms with E-state index in [0.29, 0.717) is 5.15 Å². The minimum absolute atomic E-state index is 0.231. The number of pyridine rings is 2. The second-order valence-electron chi connectivity index (χ2n) is 8.21. The van der Waals surface area contributed by atoms with Gasteiger partial charge >= 0.3 is 0 Å². The molecule has 0 radical (unpaired) electrons. The van der Waals surface area contributed by atoms with Crippen molar-refractivity contribution in [3.05, 3.63) is 41.8 Å². The molecule has 26 heavy (non-hydrogen) atoms. The van der Waals surface area contributed by atoms with Crippen molar-refractivity contribution in [2.75, 3.05) is 11.9 Å².